The molecule has 0 atom stereocenters. The van der Waals surface area contributed by atoms with Gasteiger partial charge in [-0.05, 0) is 6.92 Å². The van der Waals surface area contributed by atoms with E-state index in [1.54, 1.807) is 5.01 Å². The lowest BCUT2D eigenvalue weighted by Gasteiger charge is -2.11. The van der Waals surface area contributed by atoms with E-state index >= 15 is 0 Å². The minimum absolute atomic E-state index is 0.461. The van der Waals surface area contributed by atoms with Crippen molar-refractivity contribution in [1.29, 1.82) is 0 Å². The van der Waals surface area contributed by atoms with Crippen molar-refractivity contribution in [3.8, 4) is 0 Å². The average Bonchev–Trinajstić information content (AvgIpc) is 1.63. The number of hydrazine groups is 1. The van der Waals surface area contributed by atoms with Gasteiger partial charge >= 0.3 is 0 Å². The molecule has 0 aromatic carbocycles. The molecule has 3 N–H and O–H groups in total. The number of nitrogens with one attached hydrogen (secondary N) is 1. The molecule has 0 saturated carbocycles. The van der Waals surface area contributed by atoms with E-state index in [1.165, 1.54) is 0 Å². The lowest BCUT2D eigenvalue weighted by atomic mass is 10.8. The first-order valence-corrected chi connectivity index (χ1v) is 2.90. The van der Waals surface area contributed by atoms with Gasteiger partial charge in [0.2, 0.25) is 5.96 Å². The van der Waals surface area contributed by atoms with Gasteiger partial charge in [-0.15, -0.1) is 0 Å². The second-order valence-electron chi connectivity index (χ2n) is 1.87. The Morgan fingerprint density at radius 1 is 1.67 bits per heavy atom. The van der Waals surface area contributed by atoms with Gasteiger partial charge in [0.15, 0.2) is 0 Å². The van der Waals surface area contributed by atoms with E-state index in [0.29, 0.717) is 12.5 Å². The molecular formula is C5H14N4. The van der Waals surface area contributed by atoms with E-state index in [4.69, 9.17) is 5.73 Å². The molecule has 0 bridgehead atoms. The Bertz CT molecular complexity index is 97.1. The van der Waals surface area contributed by atoms with Gasteiger partial charge < -0.3 is 5.73 Å². The number of rotatable bonds is 2. The topological polar surface area (TPSA) is 53.6 Å². The summed E-state index contributed by atoms with van der Waals surface area (Å²) < 4.78 is 0. The Morgan fingerprint density at radius 3 is 2.56 bits per heavy atom. The molecule has 0 fully saturated rings. The van der Waals surface area contributed by atoms with Crippen molar-refractivity contribution in [2.24, 2.45) is 10.7 Å². The highest BCUT2D eigenvalue weighted by molar-refractivity contribution is 5.77. The van der Waals surface area contributed by atoms with Crippen LogP contribution >= 0.6 is 0 Å². The van der Waals surface area contributed by atoms with Crippen molar-refractivity contribution in [2.75, 3.05) is 20.6 Å². The Labute approximate surface area is 55.7 Å². The molecular weight excluding hydrogens is 116 g/mol. The van der Waals surface area contributed by atoms with Crippen LogP contribution in [-0.2, 0) is 0 Å². The minimum atomic E-state index is 0.461. The van der Waals surface area contributed by atoms with Crippen LogP contribution in [-0.4, -0.2) is 31.6 Å². The van der Waals surface area contributed by atoms with Gasteiger partial charge in [0.1, 0.15) is 0 Å². The lowest BCUT2D eigenvalue weighted by molar-refractivity contribution is 0.360. The summed E-state index contributed by atoms with van der Waals surface area (Å²) in [5, 5.41) is 1.74. The van der Waals surface area contributed by atoms with Gasteiger partial charge in [0, 0.05) is 20.6 Å². The number of aliphatic imine (C=N–C) groups is 1. The first kappa shape index (κ1) is 8.23. The summed E-state index contributed by atoms with van der Waals surface area (Å²) in [4.78, 5) is 3.91. The third kappa shape index (κ3) is 5.10. The SMILES string of the molecule is CCN=C(N)NN(C)C. The monoisotopic (exact) mass is 130 g/mol. The van der Waals surface area contributed by atoms with Crippen molar-refractivity contribution in [3.05, 3.63) is 0 Å². The summed E-state index contributed by atoms with van der Waals surface area (Å²) in [6, 6.07) is 0. The summed E-state index contributed by atoms with van der Waals surface area (Å²) in [6.07, 6.45) is 0. The third-order valence-electron chi connectivity index (χ3n) is 0.667. The first-order valence-electron chi connectivity index (χ1n) is 2.90. The number of nitrogens with two attached hydrogens (primary N) is 1. The van der Waals surface area contributed by atoms with Gasteiger partial charge in [-0.25, -0.2) is 5.01 Å². The molecule has 0 aromatic heterocycles. The van der Waals surface area contributed by atoms with Crippen LogP contribution in [0.3, 0.4) is 0 Å². The number of hydrogen-bond donors (Lipinski definition) is 2. The summed E-state index contributed by atoms with van der Waals surface area (Å²) in [5.74, 6) is 0.461. The van der Waals surface area contributed by atoms with Crippen molar-refractivity contribution < 1.29 is 0 Å². The van der Waals surface area contributed by atoms with Crippen LogP contribution in [0.25, 0.3) is 0 Å². The predicted molar refractivity (Wildman–Crippen MR) is 39.0 cm³/mol. The van der Waals surface area contributed by atoms with E-state index in [9.17, 15) is 0 Å². The smallest absolute Gasteiger partial charge is 0.203 e. The molecule has 0 heterocycles. The van der Waals surface area contributed by atoms with E-state index in [0.717, 1.165) is 0 Å². The van der Waals surface area contributed by atoms with Crippen LogP contribution in [0.2, 0.25) is 0 Å². The molecule has 4 heteroatoms. The molecule has 0 radical (unpaired) electrons. The van der Waals surface area contributed by atoms with Crippen LogP contribution in [0.15, 0.2) is 4.99 Å². The van der Waals surface area contributed by atoms with Gasteiger partial charge in [-0.1, -0.05) is 0 Å². The molecule has 0 unspecified atom stereocenters. The molecule has 0 amide bonds. The fourth-order valence-corrected chi connectivity index (χ4v) is 0.435. The number of nitrogens with zero attached hydrogens (tertiary/aromatic N) is 2. The molecule has 4 nitrogen and oxygen atoms in total. The van der Waals surface area contributed by atoms with E-state index in [1.807, 2.05) is 21.0 Å². The highest BCUT2D eigenvalue weighted by Crippen LogP contribution is 1.67. The average molecular weight is 130 g/mol. The zero-order valence-corrected chi connectivity index (χ0v) is 6.18. The molecule has 0 saturated heterocycles. The van der Waals surface area contributed by atoms with Crippen LogP contribution in [0.1, 0.15) is 6.92 Å². The summed E-state index contributed by atoms with van der Waals surface area (Å²) in [5.41, 5.74) is 8.19. The Hall–Kier alpha value is -0.770. The fraction of sp³-hybridized carbons (Fsp3) is 0.800. The van der Waals surface area contributed by atoms with Gasteiger partial charge in [-0.3, -0.25) is 10.4 Å². The normalized spacial score (nSPS) is 12.2. The van der Waals surface area contributed by atoms with E-state index < -0.39 is 0 Å². The largest absolute Gasteiger partial charge is 0.369 e. The summed E-state index contributed by atoms with van der Waals surface area (Å²) in [7, 11) is 3.72. The van der Waals surface area contributed by atoms with Gasteiger partial charge in [0.25, 0.3) is 0 Å². The predicted octanol–water partition coefficient (Wildman–Crippen LogP) is -0.613. The number of guanidine groups is 1. The van der Waals surface area contributed by atoms with Crippen LogP contribution in [0.4, 0.5) is 0 Å². The van der Waals surface area contributed by atoms with Gasteiger partial charge in [0.05, 0.1) is 0 Å². The molecule has 9 heavy (non-hydrogen) atoms. The van der Waals surface area contributed by atoms with Crippen molar-refractivity contribution in [2.45, 2.75) is 6.92 Å². The van der Waals surface area contributed by atoms with E-state index in [2.05, 4.69) is 10.4 Å². The van der Waals surface area contributed by atoms with Crippen LogP contribution < -0.4 is 11.2 Å². The first-order chi connectivity index (χ1) is 4.16. The van der Waals surface area contributed by atoms with Crippen molar-refractivity contribution in [1.82, 2.24) is 10.4 Å². The molecule has 0 aliphatic rings. The van der Waals surface area contributed by atoms with Crippen LogP contribution in [0.5, 0.6) is 0 Å². The minimum Gasteiger partial charge on any atom is -0.369 e. The summed E-state index contributed by atoms with van der Waals surface area (Å²) in [6.45, 7) is 2.65. The van der Waals surface area contributed by atoms with Crippen molar-refractivity contribution >= 4 is 5.96 Å². The molecule has 0 aliphatic heterocycles. The second kappa shape index (κ2) is 4.14. The summed E-state index contributed by atoms with van der Waals surface area (Å²) >= 11 is 0. The highest BCUT2D eigenvalue weighted by atomic mass is 15.5. The van der Waals surface area contributed by atoms with Gasteiger partial charge in [-0.2, -0.15) is 0 Å². The van der Waals surface area contributed by atoms with Crippen molar-refractivity contribution in [3.63, 3.8) is 0 Å². The maximum absolute atomic E-state index is 5.38. The highest BCUT2D eigenvalue weighted by Gasteiger charge is 1.87. The zero-order valence-electron chi connectivity index (χ0n) is 6.18. The zero-order chi connectivity index (χ0) is 7.28. The fourth-order valence-electron chi connectivity index (χ4n) is 0.435. The standard InChI is InChI=1S/C5H14N4/c1-4-7-5(6)8-9(2)3/h4H2,1-3H3,(H3,6,7,8). The second-order valence-corrected chi connectivity index (χ2v) is 1.87. The number of hydrogen-bond acceptors (Lipinski definition) is 2. The lowest BCUT2D eigenvalue weighted by Crippen LogP contribution is -2.41. The molecule has 0 aromatic rings. The maximum Gasteiger partial charge on any atom is 0.203 e. The Morgan fingerprint density at radius 2 is 2.22 bits per heavy atom. The van der Waals surface area contributed by atoms with E-state index in [-0.39, 0.29) is 0 Å². The quantitative estimate of drug-likeness (QED) is 0.298. The third-order valence-corrected chi connectivity index (χ3v) is 0.667. The molecule has 0 spiro atoms. The molecule has 0 aliphatic carbocycles. The molecule has 54 valence electrons. The Balaban J connectivity index is 3.49. The maximum atomic E-state index is 5.38. The Kier molecular flexibility index (Phi) is 3.79. The van der Waals surface area contributed by atoms with Crippen LogP contribution in [0, 0.1) is 0 Å². The molecule has 0 rings (SSSR count).